The van der Waals surface area contributed by atoms with Crippen LogP contribution in [0, 0.1) is 0 Å². The van der Waals surface area contributed by atoms with Crippen LogP contribution >= 0.6 is 0 Å². The van der Waals surface area contributed by atoms with Crippen LogP contribution < -0.4 is 0 Å². The van der Waals surface area contributed by atoms with Gasteiger partial charge in [-0.3, -0.25) is 4.79 Å². The number of ether oxygens (including phenoxy) is 1. The molecule has 0 aromatic heterocycles. The Morgan fingerprint density at radius 2 is 1.79 bits per heavy atom. The minimum Gasteiger partial charge on any atom is -0.448 e. The summed E-state index contributed by atoms with van der Waals surface area (Å²) in [5, 5.41) is 0. The van der Waals surface area contributed by atoms with Crippen LogP contribution in [-0.2, 0) is 22.5 Å². The predicted molar refractivity (Wildman–Crippen MR) is 91.5 cm³/mol. The van der Waals surface area contributed by atoms with Crippen molar-refractivity contribution in [3.63, 3.8) is 0 Å². The van der Waals surface area contributed by atoms with Crippen LogP contribution in [0.4, 0.5) is 0 Å². The summed E-state index contributed by atoms with van der Waals surface area (Å²) in [6, 6.07) is 17.2. The molecule has 0 saturated heterocycles. The lowest BCUT2D eigenvalue weighted by Crippen LogP contribution is -2.46. The Hall–Kier alpha value is -2.62. The van der Waals surface area contributed by atoms with Crippen LogP contribution in [0.5, 0.6) is 0 Å². The molecule has 3 rings (SSSR count). The van der Waals surface area contributed by atoms with Gasteiger partial charge in [0.05, 0.1) is 5.56 Å². The van der Waals surface area contributed by atoms with Gasteiger partial charge in [0.25, 0.3) is 5.91 Å². The van der Waals surface area contributed by atoms with E-state index in [-0.39, 0.29) is 11.9 Å². The van der Waals surface area contributed by atoms with Gasteiger partial charge in [-0.2, -0.15) is 0 Å². The fraction of sp³-hybridized carbons (Fsp3) is 0.300. The Morgan fingerprint density at radius 1 is 1.12 bits per heavy atom. The molecule has 0 unspecified atom stereocenters. The van der Waals surface area contributed by atoms with Crippen LogP contribution in [0.15, 0.2) is 54.6 Å². The van der Waals surface area contributed by atoms with Crippen molar-refractivity contribution in [1.82, 2.24) is 4.90 Å². The topological polar surface area (TPSA) is 46.6 Å². The van der Waals surface area contributed by atoms with Gasteiger partial charge in [0.2, 0.25) is 0 Å². The number of esters is 1. The van der Waals surface area contributed by atoms with E-state index in [2.05, 4.69) is 0 Å². The van der Waals surface area contributed by atoms with E-state index in [1.807, 2.05) is 56.3 Å². The molecule has 0 bridgehead atoms. The van der Waals surface area contributed by atoms with Crippen LogP contribution in [0.25, 0.3) is 0 Å². The molecule has 4 nitrogen and oxygen atoms in total. The highest BCUT2D eigenvalue weighted by Gasteiger charge is 2.34. The number of hydrogen-bond donors (Lipinski definition) is 0. The van der Waals surface area contributed by atoms with Gasteiger partial charge in [0.15, 0.2) is 6.10 Å². The molecule has 1 aliphatic rings. The highest BCUT2D eigenvalue weighted by Crippen LogP contribution is 2.23. The lowest BCUT2D eigenvalue weighted by atomic mass is 9.97. The van der Waals surface area contributed by atoms with Crippen molar-refractivity contribution >= 4 is 11.9 Å². The maximum absolute atomic E-state index is 12.9. The summed E-state index contributed by atoms with van der Waals surface area (Å²) >= 11 is 0. The molecule has 2 aromatic rings. The van der Waals surface area contributed by atoms with Gasteiger partial charge in [0.1, 0.15) is 0 Å². The first-order valence-corrected chi connectivity index (χ1v) is 8.19. The number of fused-ring (bicyclic) bond motifs is 1. The first kappa shape index (κ1) is 16.2. The summed E-state index contributed by atoms with van der Waals surface area (Å²) < 4.78 is 5.41. The maximum Gasteiger partial charge on any atom is 0.339 e. The van der Waals surface area contributed by atoms with E-state index in [0.29, 0.717) is 18.5 Å². The standard InChI is InChI=1S/C20H21NO3/c1-14(2)21(13-15-8-4-3-5-9-15)19(22)18-12-16-10-6-7-11-17(16)20(23)24-18/h3-11,14,18H,12-13H2,1-2H3/t18-/m0/s1. The van der Waals surface area contributed by atoms with Crippen molar-refractivity contribution in [2.45, 2.75) is 39.0 Å². The zero-order chi connectivity index (χ0) is 17.1. The molecule has 1 atom stereocenters. The lowest BCUT2D eigenvalue weighted by Gasteiger charge is -2.32. The van der Waals surface area contributed by atoms with Gasteiger partial charge in [-0.25, -0.2) is 4.79 Å². The van der Waals surface area contributed by atoms with Gasteiger partial charge in [-0.05, 0) is 31.0 Å². The van der Waals surface area contributed by atoms with Crippen molar-refractivity contribution in [2.24, 2.45) is 0 Å². The number of cyclic esters (lactones) is 1. The Labute approximate surface area is 142 Å². The van der Waals surface area contributed by atoms with Crippen molar-refractivity contribution in [2.75, 3.05) is 0 Å². The Bertz CT molecular complexity index is 740. The molecule has 0 spiro atoms. The van der Waals surface area contributed by atoms with Crippen molar-refractivity contribution < 1.29 is 14.3 Å². The Kier molecular flexibility index (Phi) is 4.65. The number of benzene rings is 2. The number of rotatable bonds is 4. The van der Waals surface area contributed by atoms with E-state index >= 15 is 0 Å². The van der Waals surface area contributed by atoms with Crippen LogP contribution in [-0.4, -0.2) is 28.9 Å². The lowest BCUT2D eigenvalue weighted by molar-refractivity contribution is -0.143. The van der Waals surface area contributed by atoms with Gasteiger partial charge >= 0.3 is 5.97 Å². The second-order valence-electron chi connectivity index (χ2n) is 6.30. The molecule has 0 N–H and O–H groups in total. The van der Waals surface area contributed by atoms with Gasteiger partial charge in [-0.15, -0.1) is 0 Å². The summed E-state index contributed by atoms with van der Waals surface area (Å²) in [4.78, 5) is 26.9. The van der Waals surface area contributed by atoms with E-state index in [9.17, 15) is 9.59 Å². The van der Waals surface area contributed by atoms with E-state index in [0.717, 1.165) is 11.1 Å². The number of hydrogen-bond acceptors (Lipinski definition) is 3. The summed E-state index contributed by atoms with van der Waals surface area (Å²) in [5.74, 6) is -0.560. The average molecular weight is 323 g/mol. The molecule has 0 radical (unpaired) electrons. The second-order valence-corrected chi connectivity index (χ2v) is 6.30. The first-order chi connectivity index (χ1) is 11.6. The maximum atomic E-state index is 12.9. The Morgan fingerprint density at radius 3 is 2.50 bits per heavy atom. The quantitative estimate of drug-likeness (QED) is 0.812. The molecule has 0 aliphatic carbocycles. The highest BCUT2D eigenvalue weighted by atomic mass is 16.5. The number of amides is 1. The van der Waals surface area contributed by atoms with Crippen LogP contribution in [0.1, 0.15) is 35.3 Å². The van der Waals surface area contributed by atoms with Crippen molar-refractivity contribution in [3.8, 4) is 0 Å². The van der Waals surface area contributed by atoms with Gasteiger partial charge in [0, 0.05) is 19.0 Å². The SMILES string of the molecule is CC(C)N(Cc1ccccc1)C(=O)[C@@H]1Cc2ccccc2C(=O)O1. The fourth-order valence-corrected chi connectivity index (χ4v) is 2.95. The van der Waals surface area contributed by atoms with E-state index in [1.54, 1.807) is 17.0 Å². The summed E-state index contributed by atoms with van der Waals surface area (Å²) in [6.07, 6.45) is -0.322. The van der Waals surface area contributed by atoms with Crippen molar-refractivity contribution in [1.29, 1.82) is 0 Å². The first-order valence-electron chi connectivity index (χ1n) is 8.19. The molecule has 1 aliphatic heterocycles. The molecule has 24 heavy (non-hydrogen) atoms. The number of carbonyl (C=O) groups excluding carboxylic acids is 2. The third kappa shape index (κ3) is 3.32. The third-order valence-electron chi connectivity index (χ3n) is 4.27. The van der Waals surface area contributed by atoms with E-state index < -0.39 is 12.1 Å². The monoisotopic (exact) mass is 323 g/mol. The average Bonchev–Trinajstić information content (AvgIpc) is 2.60. The molecule has 0 fully saturated rings. The van der Waals surface area contributed by atoms with Gasteiger partial charge < -0.3 is 9.64 Å². The van der Waals surface area contributed by atoms with Gasteiger partial charge in [-0.1, -0.05) is 48.5 Å². The summed E-state index contributed by atoms with van der Waals surface area (Å²) in [7, 11) is 0. The molecule has 2 aromatic carbocycles. The highest BCUT2D eigenvalue weighted by molar-refractivity contribution is 5.95. The summed E-state index contributed by atoms with van der Waals surface area (Å²) in [5.41, 5.74) is 2.48. The molecule has 0 saturated carbocycles. The minimum atomic E-state index is -0.751. The van der Waals surface area contributed by atoms with E-state index in [1.165, 1.54) is 0 Å². The minimum absolute atomic E-state index is 0.0218. The number of carbonyl (C=O) groups is 2. The zero-order valence-electron chi connectivity index (χ0n) is 13.9. The van der Waals surface area contributed by atoms with E-state index in [4.69, 9.17) is 4.74 Å². The van der Waals surface area contributed by atoms with Crippen molar-refractivity contribution in [3.05, 3.63) is 71.3 Å². The summed E-state index contributed by atoms with van der Waals surface area (Å²) in [6.45, 7) is 4.45. The molecule has 1 amide bonds. The zero-order valence-corrected chi connectivity index (χ0v) is 13.9. The predicted octanol–water partition coefficient (Wildman–Crippen LogP) is 3.21. The molecular weight excluding hydrogens is 302 g/mol. The molecule has 4 heteroatoms. The van der Waals surface area contributed by atoms with Crippen LogP contribution in [0.3, 0.4) is 0 Å². The molecule has 1 heterocycles. The third-order valence-corrected chi connectivity index (χ3v) is 4.27. The largest absolute Gasteiger partial charge is 0.448 e. The fourth-order valence-electron chi connectivity index (χ4n) is 2.95. The Balaban J connectivity index is 1.80. The molecular formula is C20H21NO3. The second kappa shape index (κ2) is 6.87. The van der Waals surface area contributed by atoms with Crippen LogP contribution in [0.2, 0.25) is 0 Å². The smallest absolute Gasteiger partial charge is 0.339 e. The molecule has 124 valence electrons. The normalized spacial score (nSPS) is 16.5. The number of nitrogens with zero attached hydrogens (tertiary/aromatic N) is 1.